The average Bonchev–Trinajstić information content (AvgIpc) is 3.05. The van der Waals surface area contributed by atoms with Gasteiger partial charge >= 0.3 is 0 Å². The molecule has 0 N–H and O–H groups in total. The van der Waals surface area contributed by atoms with Gasteiger partial charge in [-0.2, -0.15) is 12.2 Å². The second-order valence-corrected chi connectivity index (χ2v) is 5.92. The van der Waals surface area contributed by atoms with Crippen LogP contribution in [-0.2, 0) is 0 Å². The van der Waals surface area contributed by atoms with E-state index in [1.54, 1.807) is 5.92 Å². The molecule has 0 heterocycles. The lowest BCUT2D eigenvalue weighted by Gasteiger charge is -2.40. The van der Waals surface area contributed by atoms with Crippen LogP contribution >= 0.6 is 0 Å². The standard InChI is InChI=1S/C18H14/c1-3-7-14-12(5-1)9-16-15-8-4-2-6-13(15)10-18(16)11-17(14)18/h1-10,16-17H,11H2/q-2. The van der Waals surface area contributed by atoms with Crippen LogP contribution in [0.5, 0.6) is 0 Å². The third-order valence-corrected chi connectivity index (χ3v) is 5.10. The van der Waals surface area contributed by atoms with E-state index in [1.807, 2.05) is 0 Å². The maximum absolute atomic E-state index is 2.55. The monoisotopic (exact) mass is 230 g/mol. The van der Waals surface area contributed by atoms with Crippen molar-refractivity contribution in [2.24, 2.45) is 17.3 Å². The van der Waals surface area contributed by atoms with Gasteiger partial charge in [-0.1, -0.05) is 23.7 Å². The van der Waals surface area contributed by atoms with E-state index in [9.17, 15) is 0 Å². The van der Waals surface area contributed by atoms with Gasteiger partial charge in [-0.15, -0.1) is 71.6 Å². The molecular weight excluding hydrogens is 216 g/mol. The van der Waals surface area contributed by atoms with E-state index in [1.165, 1.54) is 23.5 Å². The molecule has 5 aliphatic carbocycles. The minimum absolute atomic E-state index is 0.429. The molecule has 0 nitrogen and oxygen atoms in total. The molecule has 88 valence electrons. The number of hydrogen-bond acceptors (Lipinski definition) is 0. The molecule has 1 fully saturated rings. The molecule has 0 bridgehead atoms. The number of fused-ring (bicyclic) bond motifs is 4. The fourth-order valence-corrected chi connectivity index (χ4v) is 4.20. The van der Waals surface area contributed by atoms with Crippen molar-refractivity contribution in [3.05, 3.63) is 83.7 Å². The molecule has 5 rings (SSSR count). The highest BCUT2D eigenvalue weighted by Crippen LogP contribution is 2.73. The van der Waals surface area contributed by atoms with Crippen molar-refractivity contribution < 1.29 is 0 Å². The maximum Gasteiger partial charge on any atom is -0.0501 e. The Morgan fingerprint density at radius 3 is 2.61 bits per heavy atom. The van der Waals surface area contributed by atoms with Gasteiger partial charge < -0.3 is 0 Å². The summed E-state index contributed by atoms with van der Waals surface area (Å²) in [4.78, 5) is 0. The SMILES string of the molecule is C1=CC2=CC34CC3[C-]3C=CC=CC3=CC4[C-]2C=C1. The zero-order valence-electron chi connectivity index (χ0n) is 10.1. The van der Waals surface area contributed by atoms with Gasteiger partial charge in [0.15, 0.2) is 0 Å². The molecule has 1 spiro atoms. The Morgan fingerprint density at radius 2 is 1.72 bits per heavy atom. The van der Waals surface area contributed by atoms with E-state index in [0.717, 1.165) is 5.92 Å². The zero-order chi connectivity index (χ0) is 11.7. The molecule has 0 amide bonds. The van der Waals surface area contributed by atoms with Crippen LogP contribution in [0.1, 0.15) is 6.42 Å². The second-order valence-electron chi connectivity index (χ2n) is 5.92. The topological polar surface area (TPSA) is 0 Å². The molecule has 0 aliphatic heterocycles. The van der Waals surface area contributed by atoms with Crippen LogP contribution in [0, 0.1) is 29.1 Å². The van der Waals surface area contributed by atoms with Crippen molar-refractivity contribution in [1.29, 1.82) is 0 Å². The molecule has 0 heteroatoms. The van der Waals surface area contributed by atoms with E-state index in [4.69, 9.17) is 0 Å². The molecule has 3 atom stereocenters. The summed E-state index contributed by atoms with van der Waals surface area (Å²) in [7, 11) is 0. The molecule has 0 saturated heterocycles. The van der Waals surface area contributed by atoms with E-state index in [-0.39, 0.29) is 0 Å². The highest BCUT2D eigenvalue weighted by Gasteiger charge is 2.59. The first-order chi connectivity index (χ1) is 8.88. The highest BCUT2D eigenvalue weighted by molar-refractivity contribution is 5.64. The molecule has 1 saturated carbocycles. The summed E-state index contributed by atoms with van der Waals surface area (Å²) in [5, 5.41) is 0. The summed E-state index contributed by atoms with van der Waals surface area (Å²) in [5.41, 5.74) is 3.36. The number of rotatable bonds is 0. The van der Waals surface area contributed by atoms with Crippen molar-refractivity contribution >= 4 is 0 Å². The number of allylic oxidation sites excluding steroid dienone is 12. The van der Waals surface area contributed by atoms with Gasteiger partial charge in [0.2, 0.25) is 0 Å². The van der Waals surface area contributed by atoms with Gasteiger partial charge in [0.25, 0.3) is 0 Å². The van der Waals surface area contributed by atoms with Gasteiger partial charge in [0.05, 0.1) is 0 Å². The van der Waals surface area contributed by atoms with Crippen molar-refractivity contribution in [2.75, 3.05) is 0 Å². The third kappa shape index (κ3) is 0.905. The van der Waals surface area contributed by atoms with Crippen LogP contribution in [0.4, 0.5) is 0 Å². The molecule has 0 aromatic heterocycles. The molecule has 5 aliphatic rings. The van der Waals surface area contributed by atoms with Gasteiger partial charge in [0, 0.05) is 0 Å². The molecule has 0 aromatic rings. The molecule has 18 heavy (non-hydrogen) atoms. The Balaban J connectivity index is 1.68. The van der Waals surface area contributed by atoms with Gasteiger partial charge in [-0.3, -0.25) is 0 Å². The summed E-state index contributed by atoms with van der Waals surface area (Å²) in [5.74, 6) is 4.48. The first-order valence-electron chi connectivity index (χ1n) is 6.77. The Labute approximate surface area is 108 Å². The second kappa shape index (κ2) is 2.77. The smallest absolute Gasteiger partial charge is 0.0501 e. The summed E-state index contributed by atoms with van der Waals surface area (Å²) in [6.45, 7) is 0. The van der Waals surface area contributed by atoms with Crippen molar-refractivity contribution in [2.45, 2.75) is 6.42 Å². The lowest BCUT2D eigenvalue weighted by molar-refractivity contribution is 0.468. The van der Waals surface area contributed by atoms with Crippen LogP contribution in [0.2, 0.25) is 0 Å². The van der Waals surface area contributed by atoms with Crippen molar-refractivity contribution in [3.8, 4) is 0 Å². The predicted molar refractivity (Wildman–Crippen MR) is 73.2 cm³/mol. The van der Waals surface area contributed by atoms with E-state index >= 15 is 0 Å². The third-order valence-electron chi connectivity index (χ3n) is 5.10. The van der Waals surface area contributed by atoms with Gasteiger partial charge in [0.1, 0.15) is 0 Å². The summed E-state index contributed by atoms with van der Waals surface area (Å²) in [6.07, 6.45) is 24.2. The minimum Gasteiger partial charge on any atom is -0.158 e. The molecule has 0 radical (unpaired) electrons. The lowest BCUT2D eigenvalue weighted by Crippen LogP contribution is -2.23. The van der Waals surface area contributed by atoms with Crippen LogP contribution in [0.25, 0.3) is 0 Å². The zero-order valence-corrected chi connectivity index (χ0v) is 10.1. The van der Waals surface area contributed by atoms with Gasteiger partial charge in [-0.05, 0) is 0 Å². The Kier molecular flexibility index (Phi) is 1.41. The fraction of sp³-hybridized carbons (Fsp3) is 0.222. The summed E-state index contributed by atoms with van der Waals surface area (Å²) in [6, 6.07) is 0. The van der Waals surface area contributed by atoms with Crippen LogP contribution < -0.4 is 0 Å². The Bertz CT molecular complexity index is 608. The first-order valence-corrected chi connectivity index (χ1v) is 6.77. The van der Waals surface area contributed by atoms with Crippen LogP contribution in [0.15, 0.2) is 71.9 Å². The summed E-state index contributed by atoms with van der Waals surface area (Å²) >= 11 is 0. The Morgan fingerprint density at radius 1 is 0.944 bits per heavy atom. The van der Waals surface area contributed by atoms with Crippen molar-refractivity contribution in [3.63, 3.8) is 0 Å². The quantitative estimate of drug-likeness (QED) is 0.554. The largest absolute Gasteiger partial charge is 0.158 e. The average molecular weight is 230 g/mol. The van der Waals surface area contributed by atoms with Crippen molar-refractivity contribution in [1.82, 2.24) is 0 Å². The fourth-order valence-electron chi connectivity index (χ4n) is 4.20. The molecule has 3 unspecified atom stereocenters. The van der Waals surface area contributed by atoms with Gasteiger partial charge in [-0.25, -0.2) is 0 Å². The van der Waals surface area contributed by atoms with E-state index in [0.29, 0.717) is 11.3 Å². The number of hydrogen-bond donors (Lipinski definition) is 0. The normalized spacial score (nSPS) is 40.9. The predicted octanol–water partition coefficient (Wildman–Crippen LogP) is 3.89. The minimum atomic E-state index is 0.429. The summed E-state index contributed by atoms with van der Waals surface area (Å²) < 4.78 is 0. The Hall–Kier alpha value is -1.82. The van der Waals surface area contributed by atoms with Crippen LogP contribution in [-0.4, -0.2) is 0 Å². The molecule has 0 aromatic carbocycles. The van der Waals surface area contributed by atoms with E-state index < -0.39 is 0 Å². The van der Waals surface area contributed by atoms with E-state index in [2.05, 4.69) is 60.8 Å². The highest BCUT2D eigenvalue weighted by atomic mass is 14.7. The first kappa shape index (κ1) is 9.16. The molecular formula is C18H14-2. The maximum atomic E-state index is 2.55. The lowest BCUT2D eigenvalue weighted by atomic mass is 9.72. The van der Waals surface area contributed by atoms with Crippen LogP contribution in [0.3, 0.4) is 0 Å².